The van der Waals surface area contributed by atoms with Gasteiger partial charge in [0.25, 0.3) is 0 Å². The maximum Gasteiger partial charge on any atom is 0.406 e. The molecule has 0 aromatic carbocycles. The third-order valence-electron chi connectivity index (χ3n) is 4.42. The third kappa shape index (κ3) is 3.44. The van der Waals surface area contributed by atoms with Crippen molar-refractivity contribution in [2.24, 2.45) is 0 Å². The van der Waals surface area contributed by atoms with Crippen LogP contribution in [0.3, 0.4) is 0 Å². The van der Waals surface area contributed by atoms with E-state index in [1.807, 2.05) is 0 Å². The number of alkyl carbamates (subject to hydrolysis) is 1. The Kier molecular flexibility index (Phi) is 4.59. The molecule has 0 saturated carbocycles. The predicted octanol–water partition coefficient (Wildman–Crippen LogP) is 2.15. The highest BCUT2D eigenvalue weighted by molar-refractivity contribution is 5.66. The van der Waals surface area contributed by atoms with Gasteiger partial charge in [-0.15, -0.1) is 0 Å². The molecule has 2 aliphatic rings. The summed E-state index contributed by atoms with van der Waals surface area (Å²) in [6.07, 6.45) is 4.30. The van der Waals surface area contributed by atoms with E-state index in [0.29, 0.717) is 12.6 Å². The zero-order valence-electron chi connectivity index (χ0n) is 13.2. The molecule has 2 aliphatic heterocycles. The average molecular weight is 284 g/mol. The Morgan fingerprint density at radius 2 is 2.15 bits per heavy atom. The topological polar surface area (TPSA) is 50.8 Å². The van der Waals surface area contributed by atoms with Crippen LogP contribution in [-0.4, -0.2) is 55.0 Å². The van der Waals surface area contributed by atoms with Crippen LogP contribution in [0.5, 0.6) is 0 Å². The normalized spacial score (nSPS) is 30.3. The van der Waals surface area contributed by atoms with Crippen molar-refractivity contribution in [1.82, 2.24) is 10.2 Å². The summed E-state index contributed by atoms with van der Waals surface area (Å²) in [5.41, 5.74) is 0.0731. The van der Waals surface area contributed by atoms with Crippen molar-refractivity contribution in [3.05, 3.63) is 0 Å². The van der Waals surface area contributed by atoms with E-state index in [4.69, 9.17) is 9.47 Å². The number of amides is 1. The van der Waals surface area contributed by atoms with Crippen LogP contribution in [0.25, 0.3) is 0 Å². The summed E-state index contributed by atoms with van der Waals surface area (Å²) in [5.74, 6) is 0. The van der Waals surface area contributed by atoms with Crippen molar-refractivity contribution < 1.29 is 14.3 Å². The zero-order chi connectivity index (χ0) is 14.8. The molecule has 5 nitrogen and oxygen atoms in total. The molecule has 1 N–H and O–H groups in total. The number of rotatable bonds is 4. The molecule has 2 fully saturated rings. The van der Waals surface area contributed by atoms with Crippen LogP contribution < -0.4 is 5.32 Å². The first-order valence-corrected chi connectivity index (χ1v) is 7.61. The van der Waals surface area contributed by atoms with Gasteiger partial charge in [-0.05, 0) is 53.0 Å². The molecule has 5 heteroatoms. The van der Waals surface area contributed by atoms with Crippen molar-refractivity contribution in [3.8, 4) is 0 Å². The summed E-state index contributed by atoms with van der Waals surface area (Å²) in [4.78, 5) is 13.7. The molecule has 2 saturated heterocycles. The van der Waals surface area contributed by atoms with Gasteiger partial charge in [0.05, 0.1) is 12.2 Å². The highest BCUT2D eigenvalue weighted by Crippen LogP contribution is 2.43. The Labute approximate surface area is 122 Å². The monoisotopic (exact) mass is 284 g/mol. The first-order valence-electron chi connectivity index (χ1n) is 7.61. The van der Waals surface area contributed by atoms with Crippen LogP contribution in [0.2, 0.25) is 0 Å². The molecule has 0 unspecified atom stereocenters. The fourth-order valence-electron chi connectivity index (χ4n) is 3.38. The number of nitrogens with zero attached hydrogens (tertiary/aromatic N) is 1. The molecule has 0 radical (unpaired) electrons. The lowest BCUT2D eigenvalue weighted by atomic mass is 9.95. The number of hydrogen-bond acceptors (Lipinski definition) is 4. The van der Waals surface area contributed by atoms with E-state index in [-0.39, 0.29) is 17.2 Å². The van der Waals surface area contributed by atoms with E-state index in [1.54, 1.807) is 7.05 Å². The summed E-state index contributed by atoms with van der Waals surface area (Å²) in [6.45, 7) is 8.66. The van der Waals surface area contributed by atoms with Crippen molar-refractivity contribution in [2.75, 3.05) is 26.8 Å². The summed E-state index contributed by atoms with van der Waals surface area (Å²) in [5, 5.41) is 2.50. The Morgan fingerprint density at radius 3 is 2.80 bits per heavy atom. The first kappa shape index (κ1) is 15.6. The fraction of sp³-hybridized carbons (Fsp3) is 0.933. The van der Waals surface area contributed by atoms with Crippen LogP contribution in [0.1, 0.15) is 46.5 Å². The zero-order valence-corrected chi connectivity index (χ0v) is 13.2. The van der Waals surface area contributed by atoms with Gasteiger partial charge in [0, 0.05) is 18.6 Å². The van der Waals surface area contributed by atoms with Crippen LogP contribution in [0.4, 0.5) is 4.79 Å². The molecule has 0 aromatic rings. The largest absolute Gasteiger partial charge is 0.448 e. The molecular weight excluding hydrogens is 256 g/mol. The van der Waals surface area contributed by atoms with Crippen molar-refractivity contribution in [1.29, 1.82) is 0 Å². The number of nitrogens with one attached hydrogen (secondary N) is 1. The first-order chi connectivity index (χ1) is 9.36. The average Bonchev–Trinajstić information content (AvgIpc) is 2.92. The maximum atomic E-state index is 11.2. The summed E-state index contributed by atoms with van der Waals surface area (Å²) in [6, 6.07) is 0.346. The van der Waals surface area contributed by atoms with Crippen LogP contribution in [-0.2, 0) is 9.47 Å². The molecule has 2 rings (SSSR count). The predicted molar refractivity (Wildman–Crippen MR) is 77.8 cm³/mol. The van der Waals surface area contributed by atoms with Gasteiger partial charge in [-0.1, -0.05) is 0 Å². The highest BCUT2D eigenvalue weighted by Gasteiger charge is 2.49. The third-order valence-corrected chi connectivity index (χ3v) is 4.42. The van der Waals surface area contributed by atoms with Gasteiger partial charge in [0.2, 0.25) is 0 Å². The Balaban J connectivity index is 1.92. The standard InChI is InChI=1S/C15H28N2O3/c1-14(2,3)20-11-15-7-5-9-17(15)12(6-8-15)10-19-13(18)16-4/h12H,5-11H2,1-4H3,(H,16,18)/t12-,15-/m1/s1. The van der Waals surface area contributed by atoms with Gasteiger partial charge in [0.15, 0.2) is 0 Å². The molecule has 0 spiro atoms. The molecular formula is C15H28N2O3. The van der Waals surface area contributed by atoms with Gasteiger partial charge in [0.1, 0.15) is 6.61 Å². The van der Waals surface area contributed by atoms with E-state index in [9.17, 15) is 4.79 Å². The minimum Gasteiger partial charge on any atom is -0.448 e. The summed E-state index contributed by atoms with van der Waals surface area (Å²) >= 11 is 0. The Bertz CT molecular complexity index is 354. The highest BCUT2D eigenvalue weighted by atomic mass is 16.5. The minimum absolute atomic E-state index is 0.0975. The lowest BCUT2D eigenvalue weighted by molar-refractivity contribution is -0.0590. The van der Waals surface area contributed by atoms with Gasteiger partial charge in [-0.3, -0.25) is 4.90 Å². The molecule has 1 amide bonds. The smallest absolute Gasteiger partial charge is 0.406 e. The van der Waals surface area contributed by atoms with Crippen LogP contribution in [0.15, 0.2) is 0 Å². The fourth-order valence-corrected chi connectivity index (χ4v) is 3.38. The van der Waals surface area contributed by atoms with E-state index in [0.717, 1.165) is 26.0 Å². The van der Waals surface area contributed by atoms with Crippen molar-refractivity contribution in [3.63, 3.8) is 0 Å². The second-order valence-electron chi connectivity index (χ2n) is 6.96. The SMILES string of the molecule is CNC(=O)OC[C@H]1CC[C@@]2(COC(C)(C)C)CCCN12. The Hall–Kier alpha value is -0.810. The lowest BCUT2D eigenvalue weighted by Gasteiger charge is -2.37. The number of ether oxygens (including phenoxy) is 2. The number of carbonyl (C=O) groups is 1. The van der Waals surface area contributed by atoms with Crippen molar-refractivity contribution >= 4 is 6.09 Å². The molecule has 2 atom stereocenters. The number of fused-ring (bicyclic) bond motifs is 1. The van der Waals surface area contributed by atoms with E-state index < -0.39 is 0 Å². The second-order valence-corrected chi connectivity index (χ2v) is 6.96. The molecule has 2 heterocycles. The maximum absolute atomic E-state index is 11.2. The quantitative estimate of drug-likeness (QED) is 0.859. The second kappa shape index (κ2) is 5.90. The Morgan fingerprint density at radius 1 is 1.40 bits per heavy atom. The lowest BCUT2D eigenvalue weighted by Crippen LogP contribution is -2.48. The molecule has 0 aliphatic carbocycles. The van der Waals surface area contributed by atoms with E-state index >= 15 is 0 Å². The van der Waals surface area contributed by atoms with Crippen LogP contribution >= 0.6 is 0 Å². The van der Waals surface area contributed by atoms with E-state index in [1.165, 1.54) is 12.8 Å². The summed E-state index contributed by atoms with van der Waals surface area (Å²) < 4.78 is 11.3. The van der Waals surface area contributed by atoms with Gasteiger partial charge < -0.3 is 14.8 Å². The molecule has 20 heavy (non-hydrogen) atoms. The number of carbonyl (C=O) groups excluding carboxylic acids is 1. The molecule has 116 valence electrons. The summed E-state index contributed by atoms with van der Waals surface area (Å²) in [7, 11) is 1.59. The minimum atomic E-state index is -0.340. The van der Waals surface area contributed by atoms with Gasteiger partial charge in [-0.25, -0.2) is 4.79 Å². The van der Waals surface area contributed by atoms with Crippen LogP contribution in [0, 0.1) is 0 Å². The van der Waals surface area contributed by atoms with E-state index in [2.05, 4.69) is 31.0 Å². The molecule has 0 aromatic heterocycles. The number of hydrogen-bond donors (Lipinski definition) is 1. The van der Waals surface area contributed by atoms with Gasteiger partial charge in [-0.2, -0.15) is 0 Å². The van der Waals surface area contributed by atoms with Crippen molar-refractivity contribution in [2.45, 2.75) is 63.6 Å². The van der Waals surface area contributed by atoms with Gasteiger partial charge >= 0.3 is 6.09 Å². The molecule has 0 bridgehead atoms.